The number of alkyl halides is 3. The predicted octanol–water partition coefficient (Wildman–Crippen LogP) is 5.05. The first-order valence-electron chi connectivity index (χ1n) is 8.01. The van der Waals surface area contributed by atoms with E-state index in [0.717, 1.165) is 11.6 Å². The van der Waals surface area contributed by atoms with Gasteiger partial charge in [-0.15, -0.1) is 0 Å². The maximum atomic E-state index is 13.2. The number of hydrogen-bond donors (Lipinski definition) is 0. The lowest BCUT2D eigenvalue weighted by Gasteiger charge is -2.35. The molecule has 3 rings (SSSR count). The molecule has 0 aromatic heterocycles. The van der Waals surface area contributed by atoms with E-state index >= 15 is 0 Å². The van der Waals surface area contributed by atoms with E-state index < -0.39 is 11.7 Å². The van der Waals surface area contributed by atoms with Gasteiger partial charge in [0.05, 0.1) is 18.0 Å². The number of rotatable bonds is 2. The zero-order valence-corrected chi connectivity index (χ0v) is 14.4. The third-order valence-electron chi connectivity index (χ3n) is 4.67. The normalized spacial score (nSPS) is 17.3. The fraction of sp³-hybridized carbons (Fsp3) is 0.316. The fourth-order valence-corrected chi connectivity index (χ4v) is 3.61. The molecule has 132 valence electrons. The van der Waals surface area contributed by atoms with Gasteiger partial charge < -0.3 is 4.90 Å². The third kappa shape index (κ3) is 3.52. The van der Waals surface area contributed by atoms with E-state index in [1.165, 1.54) is 17.7 Å². The largest absolute Gasteiger partial charge is 0.416 e. The molecule has 2 nitrogen and oxygen atoms in total. The summed E-state index contributed by atoms with van der Waals surface area (Å²) in [6, 6.07) is 11.2. The number of benzene rings is 2. The number of amides is 1. The van der Waals surface area contributed by atoms with Crippen LogP contribution in [0.15, 0.2) is 42.5 Å². The average molecular weight is 368 g/mol. The molecule has 2 aromatic rings. The lowest BCUT2D eigenvalue weighted by molar-refractivity contribution is -0.139. The van der Waals surface area contributed by atoms with E-state index in [2.05, 4.69) is 0 Å². The summed E-state index contributed by atoms with van der Waals surface area (Å²) < 4.78 is 39.6. The summed E-state index contributed by atoms with van der Waals surface area (Å²) in [5.41, 5.74) is 1.20. The van der Waals surface area contributed by atoms with E-state index in [9.17, 15) is 18.0 Å². The van der Waals surface area contributed by atoms with Gasteiger partial charge in [0, 0.05) is 11.6 Å². The van der Waals surface area contributed by atoms with E-state index in [-0.39, 0.29) is 29.0 Å². The van der Waals surface area contributed by atoms with E-state index in [0.29, 0.717) is 13.0 Å². The Balaban J connectivity index is 1.87. The molecule has 0 unspecified atom stereocenters. The summed E-state index contributed by atoms with van der Waals surface area (Å²) in [6.07, 6.45) is -4.21. The number of nitrogens with zero attached hydrogens (tertiary/aromatic N) is 1. The van der Waals surface area contributed by atoms with Gasteiger partial charge in [-0.05, 0) is 42.2 Å². The van der Waals surface area contributed by atoms with E-state index in [1.54, 1.807) is 4.90 Å². The number of halogens is 4. The molecular weight excluding hydrogens is 351 g/mol. The Bertz CT molecular complexity index is 803. The highest BCUT2D eigenvalue weighted by Gasteiger charge is 2.36. The van der Waals surface area contributed by atoms with Crippen molar-refractivity contribution in [3.8, 4) is 0 Å². The van der Waals surface area contributed by atoms with E-state index in [1.807, 2.05) is 31.2 Å². The summed E-state index contributed by atoms with van der Waals surface area (Å²) in [4.78, 5) is 14.3. The Morgan fingerprint density at radius 1 is 1.20 bits per heavy atom. The van der Waals surface area contributed by atoms with Gasteiger partial charge in [0.25, 0.3) is 0 Å². The highest BCUT2D eigenvalue weighted by atomic mass is 35.5. The summed E-state index contributed by atoms with van der Waals surface area (Å²) in [6.45, 7) is 2.38. The molecule has 1 amide bonds. The topological polar surface area (TPSA) is 20.3 Å². The highest BCUT2D eigenvalue weighted by molar-refractivity contribution is 6.31. The quantitative estimate of drug-likeness (QED) is 0.727. The van der Waals surface area contributed by atoms with Crippen LogP contribution in [0.3, 0.4) is 0 Å². The number of carbonyl (C=O) groups is 1. The first kappa shape index (κ1) is 17.8. The Hall–Kier alpha value is -2.01. The van der Waals surface area contributed by atoms with Gasteiger partial charge in [-0.1, -0.05) is 41.9 Å². The minimum absolute atomic E-state index is 0.0340. The lowest BCUT2D eigenvalue weighted by atomic mass is 9.93. The van der Waals surface area contributed by atoms with Crippen molar-refractivity contribution in [1.82, 2.24) is 4.90 Å². The first-order chi connectivity index (χ1) is 11.8. The molecule has 6 heteroatoms. The minimum atomic E-state index is -4.54. The van der Waals surface area contributed by atoms with Crippen molar-refractivity contribution < 1.29 is 18.0 Å². The molecular formula is C19H17ClF3NO. The van der Waals surface area contributed by atoms with Crippen LogP contribution in [-0.2, 0) is 23.8 Å². The van der Waals surface area contributed by atoms with Gasteiger partial charge >= 0.3 is 6.18 Å². The van der Waals surface area contributed by atoms with Crippen molar-refractivity contribution in [1.29, 1.82) is 0 Å². The monoisotopic (exact) mass is 367 g/mol. The zero-order chi connectivity index (χ0) is 18.2. The second-order valence-corrected chi connectivity index (χ2v) is 6.56. The first-order valence-corrected chi connectivity index (χ1v) is 8.38. The fourth-order valence-electron chi connectivity index (χ4n) is 3.37. The number of hydrogen-bond acceptors (Lipinski definition) is 1. The van der Waals surface area contributed by atoms with Crippen molar-refractivity contribution in [3.05, 3.63) is 69.7 Å². The Labute approximate surface area is 149 Å². The molecule has 0 bridgehead atoms. The SMILES string of the molecule is C[C@H]1c2ccccc2CCN1C(=O)Cc1c(Cl)cccc1C(F)(F)F. The Morgan fingerprint density at radius 2 is 1.92 bits per heavy atom. The van der Waals surface area contributed by atoms with Crippen LogP contribution in [-0.4, -0.2) is 17.4 Å². The van der Waals surface area contributed by atoms with Crippen molar-refractivity contribution >= 4 is 17.5 Å². The van der Waals surface area contributed by atoms with Crippen LogP contribution in [0, 0.1) is 0 Å². The Morgan fingerprint density at radius 3 is 2.64 bits per heavy atom. The van der Waals surface area contributed by atoms with Crippen LogP contribution >= 0.6 is 11.6 Å². The smallest absolute Gasteiger partial charge is 0.335 e. The molecule has 0 aliphatic carbocycles. The Kier molecular flexibility index (Phi) is 4.78. The lowest BCUT2D eigenvalue weighted by Crippen LogP contribution is -2.40. The van der Waals surface area contributed by atoms with Crippen LogP contribution in [0.4, 0.5) is 13.2 Å². The second kappa shape index (κ2) is 6.71. The van der Waals surface area contributed by atoms with Gasteiger partial charge in [-0.25, -0.2) is 0 Å². The van der Waals surface area contributed by atoms with Gasteiger partial charge in [-0.2, -0.15) is 13.2 Å². The molecule has 0 saturated carbocycles. The van der Waals surface area contributed by atoms with Crippen LogP contribution in [0.1, 0.15) is 35.2 Å². The van der Waals surface area contributed by atoms with Gasteiger partial charge in [0.1, 0.15) is 0 Å². The second-order valence-electron chi connectivity index (χ2n) is 6.15. The van der Waals surface area contributed by atoms with Gasteiger partial charge in [0.2, 0.25) is 5.91 Å². The molecule has 0 fully saturated rings. The minimum Gasteiger partial charge on any atom is -0.335 e. The number of carbonyl (C=O) groups excluding carboxylic acids is 1. The van der Waals surface area contributed by atoms with Crippen molar-refractivity contribution in [2.45, 2.75) is 32.0 Å². The summed E-state index contributed by atoms with van der Waals surface area (Å²) in [5, 5.41) is -0.0340. The maximum Gasteiger partial charge on any atom is 0.416 e. The standard InChI is InChI=1S/C19H17ClF3NO/c1-12-14-6-3-2-5-13(14)9-10-24(12)18(25)11-15-16(19(21,22)23)7-4-8-17(15)20/h2-8,12H,9-11H2,1H3/t12-/m0/s1. The molecule has 1 aliphatic heterocycles. The van der Waals surface area contributed by atoms with Crippen molar-refractivity contribution in [2.75, 3.05) is 6.54 Å². The van der Waals surface area contributed by atoms with Crippen LogP contribution in [0.2, 0.25) is 5.02 Å². The number of fused-ring (bicyclic) bond motifs is 1. The molecule has 0 N–H and O–H groups in total. The van der Waals surface area contributed by atoms with Gasteiger partial charge in [-0.3, -0.25) is 4.79 Å². The maximum absolute atomic E-state index is 13.2. The average Bonchev–Trinajstić information content (AvgIpc) is 2.56. The van der Waals surface area contributed by atoms with Crippen LogP contribution in [0.25, 0.3) is 0 Å². The van der Waals surface area contributed by atoms with Crippen LogP contribution in [0.5, 0.6) is 0 Å². The molecule has 25 heavy (non-hydrogen) atoms. The molecule has 0 spiro atoms. The highest BCUT2D eigenvalue weighted by Crippen LogP contribution is 2.36. The summed E-state index contributed by atoms with van der Waals surface area (Å²) in [7, 11) is 0. The van der Waals surface area contributed by atoms with Crippen molar-refractivity contribution in [2.24, 2.45) is 0 Å². The summed E-state index contributed by atoms with van der Waals surface area (Å²) in [5.74, 6) is -0.347. The third-order valence-corrected chi connectivity index (χ3v) is 5.02. The molecule has 0 radical (unpaired) electrons. The van der Waals surface area contributed by atoms with Gasteiger partial charge in [0.15, 0.2) is 0 Å². The molecule has 2 aromatic carbocycles. The van der Waals surface area contributed by atoms with Crippen LogP contribution < -0.4 is 0 Å². The summed E-state index contributed by atoms with van der Waals surface area (Å²) >= 11 is 5.97. The molecule has 1 atom stereocenters. The predicted molar refractivity (Wildman–Crippen MR) is 90.4 cm³/mol. The van der Waals surface area contributed by atoms with Crippen molar-refractivity contribution in [3.63, 3.8) is 0 Å². The molecule has 1 heterocycles. The molecule has 0 saturated heterocycles. The molecule has 1 aliphatic rings. The zero-order valence-electron chi connectivity index (χ0n) is 13.6. The van der Waals surface area contributed by atoms with E-state index in [4.69, 9.17) is 11.6 Å².